The molecular formula is C27H34N4O5S. The molecule has 198 valence electrons. The number of hydrogen-bond donors (Lipinski definition) is 1. The van der Waals surface area contributed by atoms with Crippen LogP contribution < -0.4 is 14.8 Å². The van der Waals surface area contributed by atoms with E-state index in [1.165, 1.54) is 30.7 Å². The van der Waals surface area contributed by atoms with Gasteiger partial charge in [0.1, 0.15) is 18.1 Å². The number of amides is 1. The lowest BCUT2D eigenvalue weighted by atomic mass is 9.93. The first-order valence-corrected chi connectivity index (χ1v) is 13.3. The maximum absolute atomic E-state index is 13.2. The molecule has 3 heterocycles. The van der Waals surface area contributed by atoms with Crippen molar-refractivity contribution in [2.24, 2.45) is 4.99 Å². The van der Waals surface area contributed by atoms with Gasteiger partial charge in [-0.25, -0.2) is 9.79 Å². The van der Waals surface area contributed by atoms with Crippen LogP contribution in [-0.2, 0) is 14.3 Å². The average Bonchev–Trinajstić information content (AvgIpc) is 3.56. The molecule has 0 spiro atoms. The molecular weight excluding hydrogens is 492 g/mol. The third-order valence-electron chi connectivity index (χ3n) is 6.53. The number of aliphatic imine (C=N–C) groups is 1. The summed E-state index contributed by atoms with van der Waals surface area (Å²) in [5.41, 5.74) is 2.47. The quantitative estimate of drug-likeness (QED) is 0.345. The molecule has 1 fully saturated rings. The number of thioether (sulfide) groups is 1. The van der Waals surface area contributed by atoms with Gasteiger partial charge < -0.3 is 29.3 Å². The van der Waals surface area contributed by atoms with Crippen molar-refractivity contribution in [2.75, 3.05) is 47.0 Å². The first kappa shape index (κ1) is 26.8. The van der Waals surface area contributed by atoms with E-state index in [1.54, 1.807) is 27.2 Å². The third kappa shape index (κ3) is 6.19. The number of amidine groups is 1. The van der Waals surface area contributed by atoms with Gasteiger partial charge in [0.2, 0.25) is 5.91 Å². The third-order valence-corrected chi connectivity index (χ3v) is 7.42. The molecule has 3 aliphatic heterocycles. The fourth-order valence-electron chi connectivity index (χ4n) is 4.73. The van der Waals surface area contributed by atoms with E-state index < -0.39 is 12.0 Å². The number of hydrogen-bond acceptors (Lipinski definition) is 9. The maximum Gasteiger partial charge on any atom is 0.338 e. The molecule has 1 unspecified atom stereocenters. The van der Waals surface area contributed by atoms with Gasteiger partial charge in [-0.05, 0) is 56.0 Å². The van der Waals surface area contributed by atoms with Crippen LogP contribution in [0.5, 0.6) is 11.5 Å². The lowest BCUT2D eigenvalue weighted by molar-refractivity contribution is -0.138. The number of likely N-dealkylation sites (tertiary alicyclic amines) is 1. The molecule has 1 N–H and O–H groups in total. The molecule has 1 amide bonds. The zero-order valence-electron chi connectivity index (χ0n) is 21.6. The fraction of sp³-hybridized carbons (Fsp3) is 0.444. The van der Waals surface area contributed by atoms with E-state index >= 15 is 0 Å². The topological polar surface area (TPSA) is 92.7 Å². The van der Waals surface area contributed by atoms with E-state index in [-0.39, 0.29) is 18.9 Å². The molecule has 0 saturated carbocycles. The van der Waals surface area contributed by atoms with Crippen LogP contribution in [0.15, 0.2) is 58.2 Å². The summed E-state index contributed by atoms with van der Waals surface area (Å²) in [7, 11) is 3.16. The number of methoxy groups -OCH3 is 2. The Bertz CT molecular complexity index is 1120. The molecule has 0 aliphatic carbocycles. The summed E-state index contributed by atoms with van der Waals surface area (Å²) in [4.78, 5) is 35.2. The summed E-state index contributed by atoms with van der Waals surface area (Å²) in [5, 5.41) is 5.67. The highest BCUT2D eigenvalue weighted by Gasteiger charge is 2.41. The van der Waals surface area contributed by atoms with Gasteiger partial charge in [-0.3, -0.25) is 4.79 Å². The number of rotatable bonds is 11. The normalized spacial score (nSPS) is 19.2. The molecule has 9 nitrogen and oxygen atoms in total. The fourth-order valence-corrected chi connectivity index (χ4v) is 5.70. The van der Waals surface area contributed by atoms with Crippen LogP contribution in [0.3, 0.4) is 0 Å². The van der Waals surface area contributed by atoms with Crippen molar-refractivity contribution in [3.63, 3.8) is 0 Å². The first-order valence-electron chi connectivity index (χ1n) is 12.4. The molecule has 1 atom stereocenters. The zero-order chi connectivity index (χ0) is 26.4. The van der Waals surface area contributed by atoms with E-state index in [9.17, 15) is 9.59 Å². The Morgan fingerprint density at radius 1 is 1.19 bits per heavy atom. The lowest BCUT2D eigenvalue weighted by Gasteiger charge is -2.36. The predicted molar refractivity (Wildman–Crippen MR) is 144 cm³/mol. The Hall–Kier alpha value is -3.24. The summed E-state index contributed by atoms with van der Waals surface area (Å²) in [6.07, 6.45) is 4.13. The lowest BCUT2D eigenvalue weighted by Crippen LogP contribution is -2.39. The summed E-state index contributed by atoms with van der Waals surface area (Å²) in [5.74, 6) is 0.619. The molecule has 3 aliphatic rings. The van der Waals surface area contributed by atoms with Gasteiger partial charge in [-0.2, -0.15) is 0 Å². The molecule has 10 heteroatoms. The van der Waals surface area contributed by atoms with Crippen LogP contribution in [-0.4, -0.2) is 73.8 Å². The minimum absolute atomic E-state index is 0.0728. The largest absolute Gasteiger partial charge is 0.497 e. The number of carbonyl (C=O) groups is 2. The van der Waals surface area contributed by atoms with Crippen molar-refractivity contribution in [3.8, 4) is 11.5 Å². The number of nitrogens with zero attached hydrogens (tertiary/aromatic N) is 3. The minimum Gasteiger partial charge on any atom is -0.497 e. The first-order chi connectivity index (χ1) is 17.9. The van der Waals surface area contributed by atoms with Gasteiger partial charge in [0.15, 0.2) is 5.17 Å². The van der Waals surface area contributed by atoms with Crippen LogP contribution in [0.4, 0.5) is 0 Å². The second-order valence-electron chi connectivity index (χ2n) is 9.00. The van der Waals surface area contributed by atoms with Crippen LogP contribution in [0.1, 0.15) is 37.8 Å². The number of benzene rings is 1. The number of nitrogens with one attached hydrogen (secondary N) is 1. The van der Waals surface area contributed by atoms with Gasteiger partial charge in [0, 0.05) is 24.9 Å². The minimum atomic E-state index is -0.576. The SMILES string of the molecule is C=CCOC(=O)C1=C(C)N=C2SC=C(CC(=O)NCCN3CCCC3)N2C1c1cc(OC)cc(OC)c1. The highest BCUT2D eigenvalue weighted by molar-refractivity contribution is 8.16. The molecule has 0 aromatic heterocycles. The van der Waals surface area contributed by atoms with E-state index in [2.05, 4.69) is 16.8 Å². The maximum atomic E-state index is 13.2. The number of ether oxygens (including phenoxy) is 3. The molecule has 0 bridgehead atoms. The van der Waals surface area contributed by atoms with Crippen LogP contribution in [0.2, 0.25) is 0 Å². The molecule has 4 rings (SSSR count). The smallest absolute Gasteiger partial charge is 0.338 e. The zero-order valence-corrected chi connectivity index (χ0v) is 22.4. The van der Waals surface area contributed by atoms with E-state index in [0.29, 0.717) is 34.5 Å². The number of carbonyl (C=O) groups excluding carboxylic acids is 2. The van der Waals surface area contributed by atoms with Crippen molar-refractivity contribution in [1.29, 1.82) is 0 Å². The van der Waals surface area contributed by atoms with Gasteiger partial charge in [-0.1, -0.05) is 24.4 Å². The van der Waals surface area contributed by atoms with Crippen LogP contribution in [0, 0.1) is 0 Å². The van der Waals surface area contributed by atoms with E-state index in [1.807, 2.05) is 22.4 Å². The van der Waals surface area contributed by atoms with Crippen molar-refractivity contribution >= 4 is 28.8 Å². The predicted octanol–water partition coefficient (Wildman–Crippen LogP) is 3.61. The van der Waals surface area contributed by atoms with Gasteiger partial charge >= 0.3 is 5.97 Å². The Labute approximate surface area is 222 Å². The van der Waals surface area contributed by atoms with Gasteiger partial charge in [0.25, 0.3) is 0 Å². The van der Waals surface area contributed by atoms with Crippen molar-refractivity contribution in [3.05, 3.63) is 58.8 Å². The highest BCUT2D eigenvalue weighted by atomic mass is 32.2. The summed E-state index contributed by atoms with van der Waals surface area (Å²) in [6, 6.07) is 4.92. The Balaban J connectivity index is 1.62. The van der Waals surface area contributed by atoms with Crippen molar-refractivity contribution in [2.45, 2.75) is 32.2 Å². The molecule has 37 heavy (non-hydrogen) atoms. The second kappa shape index (κ2) is 12.3. The molecule has 1 saturated heterocycles. The van der Waals surface area contributed by atoms with Crippen LogP contribution in [0.25, 0.3) is 0 Å². The van der Waals surface area contributed by atoms with E-state index in [4.69, 9.17) is 19.2 Å². The molecule has 1 aromatic carbocycles. The summed E-state index contributed by atoms with van der Waals surface area (Å²) in [6.45, 7) is 9.16. The standard InChI is InChI=1S/C27H34N4O5S/c1-5-12-36-26(33)24-18(2)29-27-31(25(24)19-13-21(34-3)16-22(14-19)35-4)20(17-37-27)15-23(32)28-8-11-30-9-6-7-10-30/h5,13-14,16-17,25H,1,6-12,15H2,2-4H3,(H,28,32). The summed E-state index contributed by atoms with van der Waals surface area (Å²) < 4.78 is 16.5. The van der Waals surface area contributed by atoms with E-state index in [0.717, 1.165) is 30.9 Å². The number of esters is 1. The Morgan fingerprint density at radius 3 is 2.54 bits per heavy atom. The van der Waals surface area contributed by atoms with Gasteiger partial charge in [0.05, 0.1) is 38.0 Å². The molecule has 1 aromatic rings. The Morgan fingerprint density at radius 2 is 1.89 bits per heavy atom. The average molecular weight is 527 g/mol. The number of fused-ring (bicyclic) bond motifs is 1. The van der Waals surface area contributed by atoms with Gasteiger partial charge in [-0.15, -0.1) is 0 Å². The second-order valence-corrected chi connectivity index (χ2v) is 9.84. The molecule has 0 radical (unpaired) electrons. The van der Waals surface area contributed by atoms with Crippen molar-refractivity contribution < 1.29 is 23.8 Å². The summed E-state index contributed by atoms with van der Waals surface area (Å²) >= 11 is 1.44. The number of allylic oxidation sites excluding steroid dienone is 1. The van der Waals surface area contributed by atoms with Crippen LogP contribution >= 0.6 is 11.8 Å². The Kier molecular flexibility index (Phi) is 8.94. The van der Waals surface area contributed by atoms with Crippen molar-refractivity contribution in [1.82, 2.24) is 15.1 Å². The highest BCUT2D eigenvalue weighted by Crippen LogP contribution is 2.46. The monoisotopic (exact) mass is 526 g/mol.